The summed E-state index contributed by atoms with van der Waals surface area (Å²) < 4.78 is 31.7. The molecule has 1 aromatic carbocycles. The molecule has 2 atom stereocenters. The molecule has 0 spiro atoms. The lowest BCUT2D eigenvalue weighted by Gasteiger charge is -2.23. The summed E-state index contributed by atoms with van der Waals surface area (Å²) in [4.78, 5) is 24.9. The predicted octanol–water partition coefficient (Wildman–Crippen LogP) is 1.60. The number of likely N-dealkylation sites (tertiary alicyclic amines) is 1. The summed E-state index contributed by atoms with van der Waals surface area (Å²) in [6.45, 7) is 0.00903. The van der Waals surface area contributed by atoms with Crippen molar-refractivity contribution in [3.05, 3.63) is 59.1 Å². The molecule has 1 aromatic heterocycles. The van der Waals surface area contributed by atoms with Gasteiger partial charge in [0.25, 0.3) is 11.8 Å². The average Bonchev–Trinajstić information content (AvgIpc) is 3.16. The summed E-state index contributed by atoms with van der Waals surface area (Å²) >= 11 is 0. The molecule has 3 rings (SSSR count). The Balaban J connectivity index is 1.90. The molecule has 0 radical (unpaired) electrons. The lowest BCUT2D eigenvalue weighted by molar-refractivity contribution is 0.0681. The number of furan rings is 1. The van der Waals surface area contributed by atoms with Crippen LogP contribution in [0.3, 0.4) is 0 Å². The number of benzene rings is 1. The van der Waals surface area contributed by atoms with Crippen LogP contribution in [0.1, 0.15) is 39.1 Å². The van der Waals surface area contributed by atoms with Crippen molar-refractivity contribution in [3.63, 3.8) is 0 Å². The predicted molar refractivity (Wildman–Crippen MR) is 78.0 cm³/mol. The quantitative estimate of drug-likeness (QED) is 0.890. The topological polar surface area (TPSA) is 96.8 Å². The first-order valence-electron chi connectivity index (χ1n) is 7.20. The molecule has 0 aliphatic carbocycles. The number of carbonyl (C=O) groups excluding carboxylic acids is 2. The second-order valence-corrected chi connectivity index (χ2v) is 5.56. The Morgan fingerprint density at radius 2 is 1.88 bits per heavy atom. The molecule has 0 bridgehead atoms. The zero-order chi connectivity index (χ0) is 17.4. The number of β-amino-alcohol motifs (C(OH)–C–C–N with tert-alkyl or cyclic N) is 1. The highest BCUT2D eigenvalue weighted by Gasteiger charge is 2.37. The van der Waals surface area contributed by atoms with Crippen molar-refractivity contribution in [3.8, 4) is 0 Å². The number of rotatable bonds is 3. The fraction of sp³-hybridized carbons (Fsp3) is 0.250. The Bertz CT molecular complexity index is 805. The van der Waals surface area contributed by atoms with E-state index in [1.165, 1.54) is 23.1 Å². The van der Waals surface area contributed by atoms with Gasteiger partial charge in [-0.2, -0.15) is 0 Å². The van der Waals surface area contributed by atoms with Gasteiger partial charge in [-0.1, -0.05) is 6.07 Å². The van der Waals surface area contributed by atoms with Gasteiger partial charge < -0.3 is 20.2 Å². The van der Waals surface area contributed by atoms with Crippen molar-refractivity contribution in [2.75, 3.05) is 6.54 Å². The lowest BCUT2D eigenvalue weighted by atomic mass is 10.0. The second kappa shape index (κ2) is 6.04. The minimum absolute atomic E-state index is 0.00903. The highest BCUT2D eigenvalue weighted by Crippen LogP contribution is 2.34. The summed E-state index contributed by atoms with van der Waals surface area (Å²) in [5, 5.41) is 9.88. The van der Waals surface area contributed by atoms with Crippen LogP contribution in [0, 0.1) is 11.6 Å². The lowest BCUT2D eigenvalue weighted by Crippen LogP contribution is -2.31. The molecule has 1 aliphatic rings. The van der Waals surface area contributed by atoms with Gasteiger partial charge in [0, 0.05) is 6.54 Å². The number of aliphatic hydroxyl groups is 1. The first-order valence-corrected chi connectivity index (χ1v) is 7.20. The Hall–Kier alpha value is -2.74. The second-order valence-electron chi connectivity index (χ2n) is 5.56. The van der Waals surface area contributed by atoms with E-state index in [-0.39, 0.29) is 24.5 Å². The molecular weight excluding hydrogens is 322 g/mol. The van der Waals surface area contributed by atoms with Gasteiger partial charge in [-0.25, -0.2) is 8.78 Å². The number of amides is 2. The number of carbonyl (C=O) groups is 2. The molecule has 0 unspecified atom stereocenters. The van der Waals surface area contributed by atoms with Crippen LogP contribution in [0.2, 0.25) is 0 Å². The van der Waals surface area contributed by atoms with Crippen LogP contribution in [0.15, 0.2) is 34.7 Å². The Morgan fingerprint density at radius 1 is 1.17 bits per heavy atom. The Morgan fingerprint density at radius 3 is 2.50 bits per heavy atom. The van der Waals surface area contributed by atoms with Crippen molar-refractivity contribution in [1.29, 1.82) is 0 Å². The molecule has 1 fully saturated rings. The van der Waals surface area contributed by atoms with E-state index >= 15 is 0 Å². The number of nitrogens with zero attached hydrogens (tertiary/aromatic N) is 1. The third-order valence-electron chi connectivity index (χ3n) is 3.93. The molecule has 126 valence electrons. The molecule has 1 saturated heterocycles. The fourth-order valence-corrected chi connectivity index (χ4v) is 2.80. The normalized spacial score (nSPS) is 20.4. The molecule has 3 N–H and O–H groups in total. The molecule has 8 heteroatoms. The van der Waals surface area contributed by atoms with Crippen molar-refractivity contribution in [2.24, 2.45) is 5.73 Å². The van der Waals surface area contributed by atoms with E-state index in [9.17, 15) is 23.5 Å². The summed E-state index contributed by atoms with van der Waals surface area (Å²) in [5.74, 6) is -3.70. The van der Waals surface area contributed by atoms with Gasteiger partial charge in [0.15, 0.2) is 23.2 Å². The average molecular weight is 336 g/mol. The van der Waals surface area contributed by atoms with E-state index in [0.29, 0.717) is 5.56 Å². The van der Waals surface area contributed by atoms with Gasteiger partial charge in [0.2, 0.25) is 0 Å². The molecule has 2 heterocycles. The summed E-state index contributed by atoms with van der Waals surface area (Å²) in [6.07, 6.45) is -0.627. The largest absolute Gasteiger partial charge is 0.446 e. The third kappa shape index (κ3) is 2.88. The standard InChI is InChI=1S/C16H14F2N2O4/c17-10-2-1-8(5-11(10)18)12-6-9(21)7-20(12)16(23)14-4-3-13(24-14)15(19)22/h1-5,9,12,21H,6-7H2,(H2,19,22)/t9-,12+/m0/s1. The van der Waals surface area contributed by atoms with Crippen LogP contribution >= 0.6 is 0 Å². The molecular formula is C16H14F2N2O4. The highest BCUT2D eigenvalue weighted by atomic mass is 19.2. The maximum atomic E-state index is 13.5. The number of aliphatic hydroxyl groups excluding tert-OH is 1. The number of hydrogen-bond acceptors (Lipinski definition) is 4. The van der Waals surface area contributed by atoms with Crippen LogP contribution in [0.4, 0.5) is 8.78 Å². The van der Waals surface area contributed by atoms with Gasteiger partial charge in [0.05, 0.1) is 12.1 Å². The van der Waals surface area contributed by atoms with Gasteiger partial charge in [-0.3, -0.25) is 9.59 Å². The van der Waals surface area contributed by atoms with E-state index in [1.807, 2.05) is 0 Å². The summed E-state index contributed by atoms with van der Waals surface area (Å²) in [6, 6.07) is 5.26. The first-order chi connectivity index (χ1) is 11.4. The smallest absolute Gasteiger partial charge is 0.290 e. The van der Waals surface area contributed by atoms with Gasteiger partial charge in [0.1, 0.15) is 0 Å². The fourth-order valence-electron chi connectivity index (χ4n) is 2.80. The molecule has 24 heavy (non-hydrogen) atoms. The van der Waals surface area contributed by atoms with Crippen LogP contribution < -0.4 is 5.73 Å². The third-order valence-corrected chi connectivity index (χ3v) is 3.93. The number of primary amides is 1. The van der Waals surface area contributed by atoms with Crippen LogP contribution in [0.25, 0.3) is 0 Å². The van der Waals surface area contributed by atoms with Crippen molar-refractivity contribution in [2.45, 2.75) is 18.6 Å². The van der Waals surface area contributed by atoms with Gasteiger partial charge in [-0.15, -0.1) is 0 Å². The minimum Gasteiger partial charge on any atom is -0.446 e. The summed E-state index contributed by atoms with van der Waals surface area (Å²) in [5.41, 5.74) is 5.44. The van der Waals surface area contributed by atoms with Gasteiger partial charge in [-0.05, 0) is 36.2 Å². The van der Waals surface area contributed by atoms with Crippen molar-refractivity contribution >= 4 is 11.8 Å². The monoisotopic (exact) mass is 336 g/mol. The Labute approximate surface area is 135 Å². The van der Waals surface area contributed by atoms with E-state index in [4.69, 9.17) is 10.2 Å². The van der Waals surface area contributed by atoms with Gasteiger partial charge >= 0.3 is 0 Å². The van der Waals surface area contributed by atoms with E-state index in [2.05, 4.69) is 0 Å². The van der Waals surface area contributed by atoms with Crippen LogP contribution in [-0.2, 0) is 0 Å². The molecule has 6 nitrogen and oxygen atoms in total. The van der Waals surface area contributed by atoms with Crippen molar-refractivity contribution < 1.29 is 27.9 Å². The maximum absolute atomic E-state index is 13.5. The number of hydrogen-bond donors (Lipinski definition) is 2. The Kier molecular flexibility index (Phi) is 4.06. The molecule has 2 aromatic rings. The number of halogens is 2. The van der Waals surface area contributed by atoms with Crippen LogP contribution in [0.5, 0.6) is 0 Å². The van der Waals surface area contributed by atoms with E-state index in [0.717, 1.165) is 12.1 Å². The zero-order valence-electron chi connectivity index (χ0n) is 12.4. The van der Waals surface area contributed by atoms with E-state index in [1.54, 1.807) is 0 Å². The van der Waals surface area contributed by atoms with Crippen LogP contribution in [-0.4, -0.2) is 34.5 Å². The highest BCUT2D eigenvalue weighted by molar-refractivity contribution is 5.95. The minimum atomic E-state index is -1.03. The summed E-state index contributed by atoms with van der Waals surface area (Å²) in [7, 11) is 0. The number of nitrogens with two attached hydrogens (primary N) is 1. The maximum Gasteiger partial charge on any atom is 0.290 e. The zero-order valence-corrected chi connectivity index (χ0v) is 12.4. The SMILES string of the molecule is NC(=O)c1ccc(C(=O)N2C[C@@H](O)C[C@@H]2c2ccc(F)c(F)c2)o1. The molecule has 0 saturated carbocycles. The molecule has 1 aliphatic heterocycles. The van der Waals surface area contributed by atoms with E-state index < -0.39 is 35.6 Å². The first kappa shape index (κ1) is 16.1. The molecule has 2 amide bonds. The van der Waals surface area contributed by atoms with Crippen molar-refractivity contribution in [1.82, 2.24) is 4.90 Å².